The summed E-state index contributed by atoms with van der Waals surface area (Å²) in [5.41, 5.74) is 0. The Balaban J connectivity index is 1.93. The van der Waals surface area contributed by atoms with Gasteiger partial charge in [0, 0.05) is 4.88 Å². The number of nitrogens with one attached hydrogen (secondary N) is 1. The van der Waals surface area contributed by atoms with E-state index in [0.29, 0.717) is 0 Å². The molecule has 1 aromatic heterocycles. The zero-order valence-corrected chi connectivity index (χ0v) is 11.0. The van der Waals surface area contributed by atoms with Crippen LogP contribution in [-0.2, 0) is 6.42 Å². The van der Waals surface area contributed by atoms with Gasteiger partial charge < -0.3 is 5.32 Å². The van der Waals surface area contributed by atoms with Crippen LogP contribution in [0.3, 0.4) is 0 Å². The van der Waals surface area contributed by atoms with Crippen LogP contribution >= 0.6 is 22.9 Å². The van der Waals surface area contributed by atoms with Gasteiger partial charge in [0.1, 0.15) is 0 Å². The number of hydrogen-bond acceptors (Lipinski definition) is 2. The molecule has 0 fully saturated rings. The normalized spacial score (nSPS) is 10.8. The van der Waals surface area contributed by atoms with E-state index in [1.54, 1.807) is 11.3 Å². The van der Waals surface area contributed by atoms with Crippen LogP contribution in [0, 0.1) is 0 Å². The maximum absolute atomic E-state index is 5.87. The van der Waals surface area contributed by atoms with Crippen LogP contribution in [0.1, 0.15) is 37.5 Å². The molecule has 3 heteroatoms. The van der Waals surface area contributed by atoms with Crippen molar-refractivity contribution in [3.63, 3.8) is 0 Å². The summed E-state index contributed by atoms with van der Waals surface area (Å²) < 4.78 is 0.914. The van der Waals surface area contributed by atoms with Crippen molar-refractivity contribution in [3.8, 4) is 0 Å². The van der Waals surface area contributed by atoms with Gasteiger partial charge in [-0.05, 0) is 44.5 Å². The van der Waals surface area contributed by atoms with Crippen molar-refractivity contribution in [2.45, 2.75) is 39.0 Å². The third-order valence-corrected chi connectivity index (χ3v) is 3.70. The fraction of sp³-hybridized carbons (Fsp3) is 0.667. The Morgan fingerprint density at radius 2 is 2.00 bits per heavy atom. The van der Waals surface area contributed by atoms with Crippen molar-refractivity contribution in [1.82, 2.24) is 5.32 Å². The first kappa shape index (κ1) is 13.0. The number of rotatable bonds is 8. The molecule has 1 rings (SSSR count). The molecule has 15 heavy (non-hydrogen) atoms. The molecule has 0 radical (unpaired) electrons. The van der Waals surface area contributed by atoms with Gasteiger partial charge >= 0.3 is 0 Å². The predicted molar refractivity (Wildman–Crippen MR) is 70.0 cm³/mol. The van der Waals surface area contributed by atoms with Crippen LogP contribution in [0.25, 0.3) is 0 Å². The van der Waals surface area contributed by atoms with Gasteiger partial charge in [-0.25, -0.2) is 0 Å². The number of hydrogen-bond donors (Lipinski definition) is 1. The van der Waals surface area contributed by atoms with Crippen molar-refractivity contribution in [2.75, 3.05) is 13.1 Å². The minimum atomic E-state index is 0.914. The monoisotopic (exact) mass is 245 g/mol. The lowest BCUT2D eigenvalue weighted by molar-refractivity contribution is 0.599. The lowest BCUT2D eigenvalue weighted by Gasteiger charge is -2.01. The molecule has 0 aliphatic rings. The fourth-order valence-electron chi connectivity index (χ4n) is 1.57. The van der Waals surface area contributed by atoms with E-state index in [1.807, 2.05) is 6.07 Å². The molecule has 0 atom stereocenters. The van der Waals surface area contributed by atoms with Crippen LogP contribution < -0.4 is 5.32 Å². The average Bonchev–Trinajstić information content (AvgIpc) is 2.63. The summed E-state index contributed by atoms with van der Waals surface area (Å²) in [6, 6.07) is 4.14. The highest BCUT2D eigenvalue weighted by Gasteiger charge is 1.97. The van der Waals surface area contributed by atoms with Gasteiger partial charge in [-0.3, -0.25) is 0 Å². The minimum Gasteiger partial charge on any atom is -0.317 e. The van der Waals surface area contributed by atoms with Crippen molar-refractivity contribution in [2.24, 2.45) is 0 Å². The van der Waals surface area contributed by atoms with E-state index >= 15 is 0 Å². The number of aryl methyl sites for hydroxylation is 1. The van der Waals surface area contributed by atoms with Crippen molar-refractivity contribution < 1.29 is 0 Å². The molecular weight excluding hydrogens is 226 g/mol. The molecule has 0 spiro atoms. The highest BCUT2D eigenvalue weighted by atomic mass is 35.5. The summed E-state index contributed by atoms with van der Waals surface area (Å²) >= 11 is 7.58. The Bertz CT molecular complexity index is 260. The van der Waals surface area contributed by atoms with Gasteiger partial charge in [-0.1, -0.05) is 31.4 Å². The number of unbranched alkanes of at least 4 members (excludes halogenated alkanes) is 3. The predicted octanol–water partition coefficient (Wildman–Crippen LogP) is 4.11. The van der Waals surface area contributed by atoms with Gasteiger partial charge in [0.2, 0.25) is 0 Å². The van der Waals surface area contributed by atoms with E-state index in [1.165, 1.54) is 43.5 Å². The van der Waals surface area contributed by atoms with Crippen molar-refractivity contribution in [1.29, 1.82) is 0 Å². The largest absolute Gasteiger partial charge is 0.317 e. The standard InChI is InChI=1S/C12H20ClNS/c1-2-14-10-6-4-3-5-7-11-8-9-12(13)15-11/h8-9,14H,2-7,10H2,1H3. The average molecular weight is 246 g/mol. The summed E-state index contributed by atoms with van der Waals surface area (Å²) in [7, 11) is 0. The third kappa shape index (κ3) is 6.18. The van der Waals surface area contributed by atoms with E-state index in [4.69, 9.17) is 11.6 Å². The first-order valence-corrected chi connectivity index (χ1v) is 6.97. The van der Waals surface area contributed by atoms with Crippen molar-refractivity contribution >= 4 is 22.9 Å². The molecule has 0 aromatic carbocycles. The quantitative estimate of drug-likeness (QED) is 0.680. The van der Waals surface area contributed by atoms with Gasteiger partial charge in [-0.2, -0.15) is 0 Å². The van der Waals surface area contributed by atoms with E-state index in [2.05, 4.69) is 18.3 Å². The van der Waals surface area contributed by atoms with E-state index in [0.717, 1.165) is 10.9 Å². The molecule has 0 unspecified atom stereocenters. The summed E-state index contributed by atoms with van der Waals surface area (Å²) in [6.07, 6.45) is 6.47. The lowest BCUT2D eigenvalue weighted by Crippen LogP contribution is -2.13. The maximum atomic E-state index is 5.87. The van der Waals surface area contributed by atoms with Gasteiger partial charge in [0.15, 0.2) is 0 Å². The van der Waals surface area contributed by atoms with Crippen molar-refractivity contribution in [3.05, 3.63) is 21.3 Å². The Morgan fingerprint density at radius 1 is 1.20 bits per heavy atom. The second kappa shape index (κ2) is 8.14. The zero-order chi connectivity index (χ0) is 10.9. The Morgan fingerprint density at radius 3 is 2.67 bits per heavy atom. The molecule has 0 aliphatic carbocycles. The first-order valence-electron chi connectivity index (χ1n) is 5.78. The molecule has 0 bridgehead atoms. The van der Waals surface area contributed by atoms with Crippen LogP contribution in [0.15, 0.2) is 12.1 Å². The second-order valence-corrected chi connectivity index (χ2v) is 5.52. The lowest BCUT2D eigenvalue weighted by atomic mass is 10.1. The highest BCUT2D eigenvalue weighted by Crippen LogP contribution is 2.22. The maximum Gasteiger partial charge on any atom is 0.0931 e. The number of thiophene rings is 1. The van der Waals surface area contributed by atoms with E-state index < -0.39 is 0 Å². The van der Waals surface area contributed by atoms with Gasteiger partial charge in [0.05, 0.1) is 4.34 Å². The summed E-state index contributed by atoms with van der Waals surface area (Å²) in [4.78, 5) is 1.42. The molecule has 1 aromatic rings. The van der Waals surface area contributed by atoms with Crippen LogP contribution in [0.4, 0.5) is 0 Å². The van der Waals surface area contributed by atoms with E-state index in [-0.39, 0.29) is 0 Å². The molecule has 0 amide bonds. The molecule has 1 nitrogen and oxygen atoms in total. The minimum absolute atomic E-state index is 0.914. The summed E-state index contributed by atoms with van der Waals surface area (Å²) in [5.74, 6) is 0. The molecule has 0 saturated carbocycles. The Labute approximate surface area is 102 Å². The first-order chi connectivity index (χ1) is 7.33. The molecule has 0 saturated heterocycles. The summed E-state index contributed by atoms with van der Waals surface area (Å²) in [5, 5.41) is 3.34. The Kier molecular flexibility index (Phi) is 7.07. The zero-order valence-electron chi connectivity index (χ0n) is 9.39. The number of halogens is 1. The van der Waals surface area contributed by atoms with Crippen LogP contribution in [0.2, 0.25) is 4.34 Å². The summed E-state index contributed by atoms with van der Waals surface area (Å²) in [6.45, 7) is 4.41. The molecule has 86 valence electrons. The second-order valence-electron chi connectivity index (χ2n) is 3.72. The highest BCUT2D eigenvalue weighted by molar-refractivity contribution is 7.16. The molecule has 1 N–H and O–H groups in total. The smallest absolute Gasteiger partial charge is 0.0931 e. The topological polar surface area (TPSA) is 12.0 Å². The van der Waals surface area contributed by atoms with E-state index in [9.17, 15) is 0 Å². The SMILES string of the molecule is CCNCCCCCCc1ccc(Cl)s1. The van der Waals surface area contributed by atoms with Crippen LogP contribution in [0.5, 0.6) is 0 Å². The molecule has 0 aliphatic heterocycles. The fourth-order valence-corrected chi connectivity index (χ4v) is 2.69. The molecular formula is C12H20ClNS. The van der Waals surface area contributed by atoms with Gasteiger partial charge in [0.25, 0.3) is 0 Å². The van der Waals surface area contributed by atoms with Crippen LogP contribution in [-0.4, -0.2) is 13.1 Å². The Hall–Kier alpha value is -0.0500. The van der Waals surface area contributed by atoms with Gasteiger partial charge in [-0.15, -0.1) is 11.3 Å². The third-order valence-electron chi connectivity index (χ3n) is 2.41. The molecule has 1 heterocycles.